The van der Waals surface area contributed by atoms with E-state index >= 15 is 0 Å². The molecular weight excluding hydrogens is 245 g/mol. The minimum atomic E-state index is -0.321. The van der Waals surface area contributed by atoms with E-state index in [-0.39, 0.29) is 11.6 Å². The largest absolute Gasteiger partial charge is 0.358 e. The molecule has 100 valence electrons. The highest BCUT2D eigenvalue weighted by Crippen LogP contribution is 2.21. The Labute approximate surface area is 110 Å². The van der Waals surface area contributed by atoms with Gasteiger partial charge >= 0.3 is 0 Å². The molecule has 0 spiro atoms. The molecule has 2 heterocycles. The zero-order valence-corrected chi connectivity index (χ0v) is 10.6. The maximum absolute atomic E-state index is 13.6. The lowest BCUT2D eigenvalue weighted by molar-refractivity contribution is 0.0923. The molecule has 2 aromatic rings. The number of rotatable bonds is 3. The second kappa shape index (κ2) is 5.11. The van der Waals surface area contributed by atoms with Crippen molar-refractivity contribution in [1.29, 1.82) is 0 Å². The summed E-state index contributed by atoms with van der Waals surface area (Å²) in [6.07, 6.45) is 1.61. The number of nitrogens with one attached hydrogen (secondary N) is 2. The number of nitrogens with zero attached hydrogens (tertiary/aromatic N) is 1. The van der Waals surface area contributed by atoms with Crippen LogP contribution in [0.25, 0.3) is 10.9 Å². The van der Waals surface area contributed by atoms with Crippen molar-refractivity contribution in [1.82, 2.24) is 15.2 Å². The maximum atomic E-state index is 13.6. The average molecular weight is 261 g/mol. The van der Waals surface area contributed by atoms with Crippen LogP contribution in [0.5, 0.6) is 0 Å². The van der Waals surface area contributed by atoms with Crippen LogP contribution >= 0.6 is 0 Å². The van der Waals surface area contributed by atoms with E-state index in [9.17, 15) is 9.18 Å². The van der Waals surface area contributed by atoms with Gasteiger partial charge in [-0.05, 0) is 6.07 Å². The van der Waals surface area contributed by atoms with Gasteiger partial charge in [-0.3, -0.25) is 9.69 Å². The van der Waals surface area contributed by atoms with E-state index in [2.05, 4.69) is 15.2 Å². The molecule has 3 rings (SSSR count). The molecule has 0 radical (unpaired) electrons. The van der Waals surface area contributed by atoms with Crippen LogP contribution in [0.1, 0.15) is 10.4 Å². The van der Waals surface area contributed by atoms with E-state index in [1.165, 1.54) is 6.07 Å². The molecule has 1 aliphatic heterocycles. The molecule has 0 aliphatic carbocycles. The number of carbonyl (C=O) groups is 1. The van der Waals surface area contributed by atoms with Crippen molar-refractivity contribution < 1.29 is 9.18 Å². The highest BCUT2D eigenvalue weighted by atomic mass is 19.1. The first-order valence-corrected chi connectivity index (χ1v) is 6.47. The summed E-state index contributed by atoms with van der Waals surface area (Å²) in [4.78, 5) is 17.3. The van der Waals surface area contributed by atoms with Crippen LogP contribution in [-0.4, -0.2) is 48.4 Å². The van der Waals surface area contributed by atoms with Crippen molar-refractivity contribution in [2.45, 2.75) is 0 Å². The number of carbonyl (C=O) groups excluding carboxylic acids is 1. The molecule has 1 aliphatic rings. The van der Waals surface area contributed by atoms with E-state index < -0.39 is 0 Å². The number of H-pyrrole nitrogens is 1. The van der Waals surface area contributed by atoms with Gasteiger partial charge < -0.3 is 10.3 Å². The zero-order valence-electron chi connectivity index (χ0n) is 10.6. The van der Waals surface area contributed by atoms with Crippen LogP contribution in [-0.2, 0) is 0 Å². The van der Waals surface area contributed by atoms with Gasteiger partial charge in [-0.15, -0.1) is 0 Å². The highest BCUT2D eigenvalue weighted by molar-refractivity contribution is 6.08. The third-order valence-electron chi connectivity index (χ3n) is 3.54. The van der Waals surface area contributed by atoms with Crippen molar-refractivity contribution in [2.24, 2.45) is 0 Å². The number of Topliss-reactive ketones (excluding diaryl/α,β-unsaturated/α-hetero) is 1. The van der Waals surface area contributed by atoms with Crippen LogP contribution in [0, 0.1) is 5.82 Å². The van der Waals surface area contributed by atoms with Crippen LogP contribution in [0.15, 0.2) is 24.4 Å². The Morgan fingerprint density at radius 2 is 2.11 bits per heavy atom. The average Bonchev–Trinajstić information content (AvgIpc) is 2.85. The third kappa shape index (κ3) is 2.39. The summed E-state index contributed by atoms with van der Waals surface area (Å²) in [6, 6.07) is 4.80. The van der Waals surface area contributed by atoms with Gasteiger partial charge in [0.1, 0.15) is 5.82 Å². The number of halogens is 1. The van der Waals surface area contributed by atoms with Crippen LogP contribution in [0.3, 0.4) is 0 Å². The maximum Gasteiger partial charge on any atom is 0.178 e. The summed E-state index contributed by atoms with van der Waals surface area (Å²) >= 11 is 0. The first-order valence-electron chi connectivity index (χ1n) is 6.47. The Kier molecular flexibility index (Phi) is 3.31. The van der Waals surface area contributed by atoms with Crippen LogP contribution in [0.4, 0.5) is 4.39 Å². The first-order chi connectivity index (χ1) is 9.25. The summed E-state index contributed by atoms with van der Waals surface area (Å²) in [5.74, 6) is -0.280. The number of aromatic nitrogens is 1. The predicted octanol–water partition coefficient (Wildman–Crippen LogP) is 1.39. The molecule has 1 saturated heterocycles. The van der Waals surface area contributed by atoms with E-state index in [0.717, 1.165) is 26.2 Å². The van der Waals surface area contributed by atoms with E-state index in [0.29, 0.717) is 23.0 Å². The molecule has 0 saturated carbocycles. The van der Waals surface area contributed by atoms with Gasteiger partial charge in [-0.1, -0.05) is 12.1 Å². The minimum Gasteiger partial charge on any atom is -0.358 e. The lowest BCUT2D eigenvalue weighted by Crippen LogP contribution is -2.45. The number of ketones is 1. The Hall–Kier alpha value is -1.72. The lowest BCUT2D eigenvalue weighted by Gasteiger charge is -2.26. The SMILES string of the molecule is O=C(CN1CCNCC1)c1c[nH]c2c(F)cccc12. The zero-order chi connectivity index (χ0) is 13.2. The quantitative estimate of drug-likeness (QED) is 0.821. The fourth-order valence-corrected chi connectivity index (χ4v) is 2.51. The Balaban J connectivity index is 1.83. The number of benzene rings is 1. The molecule has 5 heteroatoms. The number of hydrogen-bond acceptors (Lipinski definition) is 3. The van der Waals surface area contributed by atoms with Crippen LogP contribution < -0.4 is 5.32 Å². The van der Waals surface area contributed by atoms with E-state index in [1.807, 2.05) is 0 Å². The van der Waals surface area contributed by atoms with Gasteiger partial charge in [0.25, 0.3) is 0 Å². The van der Waals surface area contributed by atoms with Crippen molar-refractivity contribution in [3.8, 4) is 0 Å². The van der Waals surface area contributed by atoms with Gasteiger partial charge in [0.15, 0.2) is 5.78 Å². The standard InChI is InChI=1S/C14H16FN3O/c15-12-3-1-2-10-11(8-17-14(10)12)13(19)9-18-6-4-16-5-7-18/h1-3,8,16-17H,4-7,9H2. The Morgan fingerprint density at radius 1 is 1.32 bits per heavy atom. The molecule has 4 nitrogen and oxygen atoms in total. The Morgan fingerprint density at radius 3 is 2.89 bits per heavy atom. The first kappa shape index (κ1) is 12.3. The summed E-state index contributed by atoms with van der Waals surface area (Å²) in [5, 5.41) is 3.92. The lowest BCUT2D eigenvalue weighted by atomic mass is 10.1. The second-order valence-corrected chi connectivity index (χ2v) is 4.81. The van der Waals surface area contributed by atoms with Gasteiger partial charge in [-0.2, -0.15) is 0 Å². The molecule has 0 atom stereocenters. The highest BCUT2D eigenvalue weighted by Gasteiger charge is 2.18. The molecule has 1 fully saturated rings. The van der Waals surface area contributed by atoms with Crippen LogP contribution in [0.2, 0.25) is 0 Å². The van der Waals surface area contributed by atoms with Gasteiger partial charge in [0, 0.05) is 43.3 Å². The second-order valence-electron chi connectivity index (χ2n) is 4.81. The summed E-state index contributed by atoms with van der Waals surface area (Å²) in [5.41, 5.74) is 0.985. The van der Waals surface area contributed by atoms with Gasteiger partial charge in [-0.25, -0.2) is 4.39 Å². The molecule has 19 heavy (non-hydrogen) atoms. The smallest absolute Gasteiger partial charge is 0.178 e. The fourth-order valence-electron chi connectivity index (χ4n) is 2.51. The number of hydrogen-bond donors (Lipinski definition) is 2. The predicted molar refractivity (Wildman–Crippen MR) is 71.9 cm³/mol. The number of piperazine rings is 1. The van der Waals surface area contributed by atoms with E-state index in [1.54, 1.807) is 18.3 Å². The monoisotopic (exact) mass is 261 g/mol. The van der Waals surface area contributed by atoms with Crippen molar-refractivity contribution >= 4 is 16.7 Å². The van der Waals surface area contributed by atoms with Crippen molar-refractivity contribution in [3.05, 3.63) is 35.8 Å². The molecule has 0 amide bonds. The Bertz CT molecular complexity index is 602. The molecule has 1 aromatic heterocycles. The normalized spacial score (nSPS) is 16.9. The van der Waals surface area contributed by atoms with Crippen molar-refractivity contribution in [2.75, 3.05) is 32.7 Å². The number of para-hydroxylation sites is 1. The molecule has 2 N–H and O–H groups in total. The topological polar surface area (TPSA) is 48.1 Å². The molecule has 0 bridgehead atoms. The molecule has 0 unspecified atom stereocenters. The van der Waals surface area contributed by atoms with E-state index in [4.69, 9.17) is 0 Å². The van der Waals surface area contributed by atoms with Crippen molar-refractivity contribution in [3.63, 3.8) is 0 Å². The minimum absolute atomic E-state index is 0.0405. The third-order valence-corrected chi connectivity index (χ3v) is 3.54. The summed E-state index contributed by atoms with van der Waals surface area (Å²) in [6.45, 7) is 3.97. The summed E-state index contributed by atoms with van der Waals surface area (Å²) in [7, 11) is 0. The summed E-state index contributed by atoms with van der Waals surface area (Å²) < 4.78 is 13.6. The number of fused-ring (bicyclic) bond motifs is 1. The van der Waals surface area contributed by atoms with Gasteiger partial charge in [0.05, 0.1) is 12.1 Å². The number of aromatic amines is 1. The fraction of sp³-hybridized carbons (Fsp3) is 0.357. The molecular formula is C14H16FN3O. The van der Waals surface area contributed by atoms with Gasteiger partial charge in [0.2, 0.25) is 0 Å². The molecule has 1 aromatic carbocycles.